The monoisotopic (exact) mass is 201 g/mol. The van der Waals surface area contributed by atoms with Crippen LogP contribution in [0.1, 0.15) is 38.5 Å². The quantitative estimate of drug-likeness (QED) is 0.663. The summed E-state index contributed by atoms with van der Waals surface area (Å²) in [6.07, 6.45) is 6.61. The second-order valence-corrected chi connectivity index (χ2v) is 4.07. The number of aliphatic hydroxyl groups excluding tert-OH is 1. The van der Waals surface area contributed by atoms with Crippen LogP contribution in [-0.2, 0) is 4.74 Å². The highest BCUT2D eigenvalue weighted by atomic mass is 16.5. The summed E-state index contributed by atoms with van der Waals surface area (Å²) in [7, 11) is 1.72. The molecule has 0 aromatic carbocycles. The lowest BCUT2D eigenvalue weighted by Gasteiger charge is -2.31. The Morgan fingerprint density at radius 2 is 1.93 bits per heavy atom. The van der Waals surface area contributed by atoms with Crippen LogP contribution in [0.4, 0.5) is 0 Å². The number of nitrogens with zero attached hydrogens (tertiary/aromatic N) is 1. The molecule has 0 saturated carbocycles. The number of rotatable bonds is 6. The maximum absolute atomic E-state index is 9.86. The van der Waals surface area contributed by atoms with E-state index in [1.165, 1.54) is 19.3 Å². The number of piperidine rings is 1. The van der Waals surface area contributed by atoms with Crippen molar-refractivity contribution in [2.24, 2.45) is 0 Å². The molecule has 0 spiro atoms. The summed E-state index contributed by atoms with van der Waals surface area (Å²) in [6.45, 7) is 2.96. The number of hydrogen-bond donors (Lipinski definition) is 1. The van der Waals surface area contributed by atoms with Gasteiger partial charge in [-0.2, -0.15) is 0 Å². The highest BCUT2D eigenvalue weighted by Gasteiger charge is 2.17. The van der Waals surface area contributed by atoms with Gasteiger partial charge in [-0.1, -0.05) is 6.42 Å². The zero-order valence-corrected chi connectivity index (χ0v) is 9.24. The second kappa shape index (κ2) is 7.21. The molecule has 0 amide bonds. The van der Waals surface area contributed by atoms with Gasteiger partial charge in [0.15, 0.2) is 0 Å². The number of aliphatic hydroxyl groups is 1. The van der Waals surface area contributed by atoms with E-state index >= 15 is 0 Å². The number of methoxy groups -OCH3 is 1. The number of likely N-dealkylation sites (tertiary alicyclic amines) is 1. The molecule has 1 saturated heterocycles. The smallest absolute Gasteiger partial charge is 0.107 e. The van der Waals surface area contributed by atoms with E-state index in [0.717, 1.165) is 39.0 Å². The standard InChI is InChI=1S/C11H23NO2/c1-14-10-6-3-7-11(13)12-8-4-2-5-9-12/h11,13H,2-10H2,1H3. The van der Waals surface area contributed by atoms with Gasteiger partial charge in [-0.15, -0.1) is 0 Å². The van der Waals surface area contributed by atoms with Crippen molar-refractivity contribution in [2.75, 3.05) is 26.8 Å². The van der Waals surface area contributed by atoms with Crippen molar-refractivity contribution >= 4 is 0 Å². The van der Waals surface area contributed by atoms with Crippen LogP contribution >= 0.6 is 0 Å². The maximum atomic E-state index is 9.86. The summed E-state index contributed by atoms with van der Waals surface area (Å²) in [5.41, 5.74) is 0. The van der Waals surface area contributed by atoms with Crippen molar-refractivity contribution in [1.29, 1.82) is 0 Å². The van der Waals surface area contributed by atoms with Gasteiger partial charge in [0.2, 0.25) is 0 Å². The highest BCUT2D eigenvalue weighted by Crippen LogP contribution is 2.14. The largest absolute Gasteiger partial charge is 0.385 e. The number of hydrogen-bond acceptors (Lipinski definition) is 3. The van der Waals surface area contributed by atoms with Crippen LogP contribution < -0.4 is 0 Å². The lowest BCUT2D eigenvalue weighted by molar-refractivity contribution is -0.0156. The molecule has 0 bridgehead atoms. The molecule has 84 valence electrons. The van der Waals surface area contributed by atoms with Gasteiger partial charge < -0.3 is 9.84 Å². The summed E-state index contributed by atoms with van der Waals surface area (Å²) in [6, 6.07) is 0. The van der Waals surface area contributed by atoms with E-state index in [9.17, 15) is 5.11 Å². The van der Waals surface area contributed by atoms with Gasteiger partial charge in [0.25, 0.3) is 0 Å². The Hall–Kier alpha value is -0.120. The van der Waals surface area contributed by atoms with Gasteiger partial charge in [0.1, 0.15) is 6.23 Å². The topological polar surface area (TPSA) is 32.7 Å². The van der Waals surface area contributed by atoms with Crippen molar-refractivity contribution in [3.05, 3.63) is 0 Å². The van der Waals surface area contributed by atoms with E-state index in [2.05, 4.69) is 4.90 Å². The average molecular weight is 201 g/mol. The minimum absolute atomic E-state index is 0.216. The van der Waals surface area contributed by atoms with Crippen molar-refractivity contribution in [1.82, 2.24) is 4.90 Å². The fourth-order valence-electron chi connectivity index (χ4n) is 1.97. The third kappa shape index (κ3) is 4.40. The van der Waals surface area contributed by atoms with Gasteiger partial charge >= 0.3 is 0 Å². The van der Waals surface area contributed by atoms with Gasteiger partial charge in [-0.05, 0) is 32.1 Å². The van der Waals surface area contributed by atoms with E-state index in [0.29, 0.717) is 0 Å². The second-order valence-electron chi connectivity index (χ2n) is 4.07. The van der Waals surface area contributed by atoms with Crippen LogP contribution in [0.15, 0.2) is 0 Å². The minimum Gasteiger partial charge on any atom is -0.385 e. The van der Waals surface area contributed by atoms with E-state index in [4.69, 9.17) is 4.74 Å². The first-order valence-electron chi connectivity index (χ1n) is 5.75. The number of unbranched alkanes of at least 4 members (excludes halogenated alkanes) is 1. The molecule has 0 aromatic rings. The molecular formula is C11H23NO2. The van der Waals surface area contributed by atoms with Gasteiger partial charge in [0.05, 0.1) is 0 Å². The minimum atomic E-state index is -0.216. The molecule has 1 atom stereocenters. The Morgan fingerprint density at radius 3 is 2.57 bits per heavy atom. The summed E-state index contributed by atoms with van der Waals surface area (Å²) in [4.78, 5) is 2.20. The molecule has 14 heavy (non-hydrogen) atoms. The Morgan fingerprint density at radius 1 is 1.21 bits per heavy atom. The Labute approximate surface area is 87.1 Å². The fraction of sp³-hybridized carbons (Fsp3) is 1.00. The van der Waals surface area contributed by atoms with Crippen LogP contribution in [0.5, 0.6) is 0 Å². The number of ether oxygens (including phenoxy) is 1. The lowest BCUT2D eigenvalue weighted by Crippen LogP contribution is -2.39. The van der Waals surface area contributed by atoms with E-state index in [-0.39, 0.29) is 6.23 Å². The summed E-state index contributed by atoms with van der Waals surface area (Å²) in [5.74, 6) is 0. The van der Waals surface area contributed by atoms with Crippen LogP contribution in [0.2, 0.25) is 0 Å². The first kappa shape index (κ1) is 12.0. The van der Waals surface area contributed by atoms with Crippen LogP contribution in [0.3, 0.4) is 0 Å². The van der Waals surface area contributed by atoms with Crippen LogP contribution in [0.25, 0.3) is 0 Å². The molecular weight excluding hydrogens is 178 g/mol. The van der Waals surface area contributed by atoms with Crippen molar-refractivity contribution in [3.8, 4) is 0 Å². The van der Waals surface area contributed by atoms with E-state index < -0.39 is 0 Å². The van der Waals surface area contributed by atoms with Crippen LogP contribution in [0, 0.1) is 0 Å². The molecule has 1 unspecified atom stereocenters. The SMILES string of the molecule is COCCCCC(O)N1CCCCC1. The van der Waals surface area contributed by atoms with Crippen molar-refractivity contribution in [2.45, 2.75) is 44.8 Å². The molecule has 1 N–H and O–H groups in total. The Kier molecular flexibility index (Phi) is 6.15. The third-order valence-corrected chi connectivity index (χ3v) is 2.87. The van der Waals surface area contributed by atoms with Crippen molar-refractivity contribution < 1.29 is 9.84 Å². The summed E-state index contributed by atoms with van der Waals surface area (Å²) >= 11 is 0. The molecule has 1 heterocycles. The highest BCUT2D eigenvalue weighted by molar-refractivity contribution is 4.67. The zero-order chi connectivity index (χ0) is 10.2. The van der Waals surface area contributed by atoms with Gasteiger partial charge in [0, 0.05) is 26.8 Å². The predicted octanol–water partition coefficient (Wildman–Crippen LogP) is 1.61. The molecule has 1 aliphatic heterocycles. The maximum Gasteiger partial charge on any atom is 0.107 e. The third-order valence-electron chi connectivity index (χ3n) is 2.87. The molecule has 0 radical (unpaired) electrons. The zero-order valence-electron chi connectivity index (χ0n) is 9.24. The van der Waals surface area contributed by atoms with Gasteiger partial charge in [-0.25, -0.2) is 0 Å². The Bertz CT molecular complexity index is 135. The molecule has 0 aliphatic carbocycles. The summed E-state index contributed by atoms with van der Waals surface area (Å²) < 4.78 is 4.97. The molecule has 1 rings (SSSR count). The molecule has 1 aliphatic rings. The normalized spacial score (nSPS) is 21.0. The summed E-state index contributed by atoms with van der Waals surface area (Å²) in [5, 5.41) is 9.86. The van der Waals surface area contributed by atoms with E-state index in [1.807, 2.05) is 0 Å². The fourth-order valence-corrected chi connectivity index (χ4v) is 1.97. The molecule has 3 heteroatoms. The molecule has 0 aromatic heterocycles. The first-order valence-corrected chi connectivity index (χ1v) is 5.75. The van der Waals surface area contributed by atoms with Crippen molar-refractivity contribution in [3.63, 3.8) is 0 Å². The van der Waals surface area contributed by atoms with Gasteiger partial charge in [-0.3, -0.25) is 4.90 Å². The van der Waals surface area contributed by atoms with Crippen LogP contribution in [-0.4, -0.2) is 43.0 Å². The van der Waals surface area contributed by atoms with E-state index in [1.54, 1.807) is 7.11 Å². The first-order chi connectivity index (χ1) is 6.84. The lowest BCUT2D eigenvalue weighted by atomic mass is 10.1. The molecule has 3 nitrogen and oxygen atoms in total. The Balaban J connectivity index is 2.04. The average Bonchev–Trinajstić information content (AvgIpc) is 2.25. The predicted molar refractivity (Wildman–Crippen MR) is 57.2 cm³/mol. The molecule has 1 fully saturated rings.